The molecule has 3 nitrogen and oxygen atoms in total. The third-order valence-corrected chi connectivity index (χ3v) is 2.68. The summed E-state index contributed by atoms with van der Waals surface area (Å²) < 4.78 is 0. The second kappa shape index (κ2) is 5.65. The Hall–Kier alpha value is -1.87. The van der Waals surface area contributed by atoms with Gasteiger partial charge in [0.05, 0.1) is 18.3 Å². The third kappa shape index (κ3) is 3.57. The Balaban J connectivity index is 1.98. The Labute approximate surface area is 111 Å². The lowest BCUT2D eigenvalue weighted by Gasteiger charge is -2.05. The van der Waals surface area contributed by atoms with Gasteiger partial charge in [0.15, 0.2) is 0 Å². The first-order valence-electron chi connectivity index (χ1n) is 5.60. The van der Waals surface area contributed by atoms with Gasteiger partial charge in [0.2, 0.25) is 5.91 Å². The molecule has 92 valence electrons. The van der Waals surface area contributed by atoms with Crippen LogP contribution in [0.15, 0.2) is 42.6 Å². The number of rotatable bonds is 3. The molecule has 0 bridgehead atoms. The van der Waals surface area contributed by atoms with Crippen molar-refractivity contribution in [1.29, 1.82) is 0 Å². The summed E-state index contributed by atoms with van der Waals surface area (Å²) in [7, 11) is 0. The maximum absolute atomic E-state index is 11.8. The predicted octanol–water partition coefficient (Wildman–Crippen LogP) is 3.22. The highest BCUT2D eigenvalue weighted by Crippen LogP contribution is 2.12. The summed E-state index contributed by atoms with van der Waals surface area (Å²) in [6.07, 6.45) is 1.94. The highest BCUT2D eigenvalue weighted by Gasteiger charge is 2.04. The zero-order valence-electron chi connectivity index (χ0n) is 9.98. The molecule has 0 saturated heterocycles. The Morgan fingerprint density at radius 3 is 2.83 bits per heavy atom. The maximum atomic E-state index is 11.8. The van der Waals surface area contributed by atoms with Gasteiger partial charge in [-0.3, -0.25) is 9.78 Å². The van der Waals surface area contributed by atoms with Crippen molar-refractivity contribution in [1.82, 2.24) is 4.98 Å². The maximum Gasteiger partial charge on any atom is 0.228 e. The lowest BCUT2D eigenvalue weighted by molar-refractivity contribution is -0.115. The standard InChI is InChI=1S/C14H13ClN2O/c1-10-5-6-13(9-16-10)17-14(18)8-11-3-2-4-12(15)7-11/h2-7,9H,8H2,1H3,(H,17,18). The van der Waals surface area contributed by atoms with Crippen LogP contribution in [0, 0.1) is 6.92 Å². The first-order chi connectivity index (χ1) is 8.63. The van der Waals surface area contributed by atoms with Crippen LogP contribution in [0.5, 0.6) is 0 Å². The van der Waals surface area contributed by atoms with Gasteiger partial charge in [0, 0.05) is 10.7 Å². The van der Waals surface area contributed by atoms with Gasteiger partial charge in [-0.1, -0.05) is 23.7 Å². The Morgan fingerprint density at radius 2 is 2.17 bits per heavy atom. The highest BCUT2D eigenvalue weighted by atomic mass is 35.5. The zero-order valence-corrected chi connectivity index (χ0v) is 10.7. The number of amides is 1. The Morgan fingerprint density at radius 1 is 1.33 bits per heavy atom. The van der Waals surface area contributed by atoms with E-state index in [4.69, 9.17) is 11.6 Å². The Kier molecular flexibility index (Phi) is 3.95. The van der Waals surface area contributed by atoms with Crippen LogP contribution in [0.3, 0.4) is 0 Å². The number of nitrogens with zero attached hydrogens (tertiary/aromatic N) is 1. The minimum Gasteiger partial charge on any atom is -0.324 e. The van der Waals surface area contributed by atoms with E-state index in [9.17, 15) is 4.79 Å². The van der Waals surface area contributed by atoms with Crippen molar-refractivity contribution in [3.63, 3.8) is 0 Å². The SMILES string of the molecule is Cc1ccc(NC(=O)Cc2cccc(Cl)c2)cn1. The summed E-state index contributed by atoms with van der Waals surface area (Å²) in [4.78, 5) is 15.9. The van der Waals surface area contributed by atoms with E-state index in [1.165, 1.54) is 0 Å². The monoisotopic (exact) mass is 260 g/mol. The van der Waals surface area contributed by atoms with Gasteiger partial charge < -0.3 is 5.32 Å². The molecule has 0 saturated carbocycles. The van der Waals surface area contributed by atoms with E-state index in [2.05, 4.69) is 10.3 Å². The number of carbonyl (C=O) groups excluding carboxylic acids is 1. The average Bonchev–Trinajstić information content (AvgIpc) is 2.32. The number of halogens is 1. The van der Waals surface area contributed by atoms with Crippen LogP contribution in [-0.4, -0.2) is 10.9 Å². The van der Waals surface area contributed by atoms with Gasteiger partial charge in [0.1, 0.15) is 0 Å². The molecule has 1 N–H and O–H groups in total. The van der Waals surface area contributed by atoms with Crippen molar-refractivity contribution in [2.75, 3.05) is 5.32 Å². The van der Waals surface area contributed by atoms with E-state index in [-0.39, 0.29) is 5.91 Å². The number of aryl methyl sites for hydroxylation is 1. The molecule has 0 aliphatic rings. The number of carbonyl (C=O) groups is 1. The molecule has 0 unspecified atom stereocenters. The van der Waals surface area contributed by atoms with Crippen molar-refractivity contribution in [3.05, 3.63) is 58.9 Å². The summed E-state index contributed by atoms with van der Waals surface area (Å²) >= 11 is 5.86. The van der Waals surface area contributed by atoms with E-state index in [1.54, 1.807) is 18.3 Å². The fourth-order valence-electron chi connectivity index (χ4n) is 1.58. The topological polar surface area (TPSA) is 42.0 Å². The Bertz CT molecular complexity index is 552. The van der Waals surface area contributed by atoms with Crippen LogP contribution in [-0.2, 0) is 11.2 Å². The van der Waals surface area contributed by atoms with Crippen LogP contribution in [0.1, 0.15) is 11.3 Å². The van der Waals surface area contributed by atoms with Gasteiger partial charge >= 0.3 is 0 Å². The summed E-state index contributed by atoms with van der Waals surface area (Å²) in [6.45, 7) is 1.90. The average molecular weight is 261 g/mol. The minimum absolute atomic E-state index is 0.0806. The van der Waals surface area contributed by atoms with Crippen LogP contribution >= 0.6 is 11.6 Å². The second-order valence-corrected chi connectivity index (χ2v) is 4.48. The summed E-state index contributed by atoms with van der Waals surface area (Å²) in [5, 5.41) is 3.43. The second-order valence-electron chi connectivity index (χ2n) is 4.04. The number of anilines is 1. The molecule has 1 amide bonds. The first kappa shape index (κ1) is 12.6. The molecular weight excluding hydrogens is 248 g/mol. The molecule has 1 aromatic carbocycles. The number of hydrogen-bond donors (Lipinski definition) is 1. The molecule has 0 aliphatic heterocycles. The van der Waals surface area contributed by atoms with Crippen LogP contribution in [0.25, 0.3) is 0 Å². The van der Waals surface area contributed by atoms with E-state index < -0.39 is 0 Å². The lowest BCUT2D eigenvalue weighted by atomic mass is 10.1. The van der Waals surface area contributed by atoms with E-state index in [0.29, 0.717) is 17.1 Å². The van der Waals surface area contributed by atoms with Crippen molar-refractivity contribution < 1.29 is 4.79 Å². The van der Waals surface area contributed by atoms with Gasteiger partial charge in [-0.15, -0.1) is 0 Å². The largest absolute Gasteiger partial charge is 0.324 e. The molecule has 0 atom stereocenters. The van der Waals surface area contributed by atoms with Gasteiger partial charge in [-0.2, -0.15) is 0 Å². The van der Waals surface area contributed by atoms with Gasteiger partial charge in [0.25, 0.3) is 0 Å². The highest BCUT2D eigenvalue weighted by molar-refractivity contribution is 6.30. The van der Waals surface area contributed by atoms with Crippen molar-refractivity contribution >= 4 is 23.2 Å². The molecule has 0 spiro atoms. The summed E-state index contributed by atoms with van der Waals surface area (Å²) in [5.74, 6) is -0.0806. The number of aromatic nitrogens is 1. The smallest absolute Gasteiger partial charge is 0.228 e. The van der Waals surface area contributed by atoms with Crippen LogP contribution in [0.2, 0.25) is 5.02 Å². The molecule has 0 aliphatic carbocycles. The van der Waals surface area contributed by atoms with E-state index in [0.717, 1.165) is 11.3 Å². The van der Waals surface area contributed by atoms with Gasteiger partial charge in [-0.05, 0) is 36.8 Å². The first-order valence-corrected chi connectivity index (χ1v) is 5.98. The van der Waals surface area contributed by atoms with E-state index >= 15 is 0 Å². The fraction of sp³-hybridized carbons (Fsp3) is 0.143. The number of nitrogens with one attached hydrogen (secondary N) is 1. The van der Waals surface area contributed by atoms with Crippen LogP contribution in [0.4, 0.5) is 5.69 Å². The molecule has 18 heavy (non-hydrogen) atoms. The quantitative estimate of drug-likeness (QED) is 0.921. The lowest BCUT2D eigenvalue weighted by Crippen LogP contribution is -2.14. The fourth-order valence-corrected chi connectivity index (χ4v) is 1.79. The molecule has 1 aromatic heterocycles. The van der Waals surface area contributed by atoms with Gasteiger partial charge in [-0.25, -0.2) is 0 Å². The summed E-state index contributed by atoms with van der Waals surface area (Å²) in [6, 6.07) is 11.0. The molecule has 0 radical (unpaired) electrons. The van der Waals surface area contributed by atoms with E-state index in [1.807, 2.05) is 31.2 Å². The molecular formula is C14H13ClN2O. The zero-order chi connectivity index (χ0) is 13.0. The van der Waals surface area contributed by atoms with Crippen molar-refractivity contribution in [2.24, 2.45) is 0 Å². The molecule has 2 aromatic rings. The van der Waals surface area contributed by atoms with Crippen molar-refractivity contribution in [2.45, 2.75) is 13.3 Å². The number of pyridine rings is 1. The third-order valence-electron chi connectivity index (χ3n) is 2.45. The molecule has 4 heteroatoms. The minimum atomic E-state index is -0.0806. The van der Waals surface area contributed by atoms with Crippen LogP contribution < -0.4 is 5.32 Å². The molecule has 1 heterocycles. The number of hydrogen-bond acceptors (Lipinski definition) is 2. The summed E-state index contributed by atoms with van der Waals surface area (Å²) in [5.41, 5.74) is 2.51. The van der Waals surface area contributed by atoms with Crippen molar-refractivity contribution in [3.8, 4) is 0 Å². The number of benzene rings is 1. The molecule has 2 rings (SSSR count). The predicted molar refractivity (Wildman–Crippen MR) is 72.8 cm³/mol. The molecule has 0 fully saturated rings. The normalized spacial score (nSPS) is 10.1.